The quantitative estimate of drug-likeness (QED) is 0.535. The van der Waals surface area contributed by atoms with Crippen LogP contribution in [0.1, 0.15) is 48.1 Å². The number of ether oxygens (including phenoxy) is 1. The number of carbonyl (C=O) groups excluding carboxylic acids is 2. The Kier molecular flexibility index (Phi) is 6.67. The van der Waals surface area contributed by atoms with Crippen LogP contribution in [0, 0.1) is 0 Å². The molecule has 0 aliphatic heterocycles. The minimum atomic E-state index is -0.236. The molecule has 3 aromatic rings. The van der Waals surface area contributed by atoms with Gasteiger partial charge in [0.05, 0.1) is 23.4 Å². The summed E-state index contributed by atoms with van der Waals surface area (Å²) in [5, 5.41) is 3.83. The fourth-order valence-electron chi connectivity index (χ4n) is 2.91. The van der Waals surface area contributed by atoms with E-state index in [0.717, 1.165) is 21.1 Å². The molecular formula is C24H26N2O3S. The second-order valence-corrected chi connectivity index (χ2v) is 9.17. The van der Waals surface area contributed by atoms with Gasteiger partial charge in [0.1, 0.15) is 0 Å². The molecule has 0 spiro atoms. The monoisotopic (exact) mass is 422 g/mol. The number of nitrogens with one attached hydrogen (secondary N) is 1. The second-order valence-electron chi connectivity index (χ2n) is 8.05. The Morgan fingerprint density at radius 2 is 1.70 bits per heavy atom. The van der Waals surface area contributed by atoms with Crippen LogP contribution >= 0.6 is 11.3 Å². The van der Waals surface area contributed by atoms with Gasteiger partial charge < -0.3 is 10.1 Å². The van der Waals surface area contributed by atoms with Crippen LogP contribution in [0.25, 0.3) is 10.4 Å². The predicted octanol–water partition coefficient (Wildman–Crippen LogP) is 5.47. The molecule has 1 amide bonds. The van der Waals surface area contributed by atoms with Gasteiger partial charge in [-0.3, -0.25) is 9.59 Å². The molecule has 0 radical (unpaired) electrons. The molecule has 0 aliphatic rings. The molecule has 0 fully saturated rings. The fourth-order valence-corrected chi connectivity index (χ4v) is 3.84. The van der Waals surface area contributed by atoms with Crippen molar-refractivity contribution in [2.75, 3.05) is 12.4 Å². The highest BCUT2D eigenvalue weighted by molar-refractivity contribution is 7.15. The van der Waals surface area contributed by atoms with Crippen molar-refractivity contribution in [3.05, 3.63) is 70.9 Å². The number of hydrogen-bond donors (Lipinski definition) is 1. The molecule has 156 valence electrons. The van der Waals surface area contributed by atoms with Gasteiger partial charge in [-0.2, -0.15) is 0 Å². The van der Waals surface area contributed by atoms with Crippen LogP contribution in [0.15, 0.2) is 54.7 Å². The second kappa shape index (κ2) is 9.22. The summed E-state index contributed by atoms with van der Waals surface area (Å²) < 4.78 is 4.66. The van der Waals surface area contributed by atoms with Gasteiger partial charge in [0, 0.05) is 23.9 Å². The van der Waals surface area contributed by atoms with Gasteiger partial charge in [0.2, 0.25) is 0 Å². The molecule has 0 aliphatic carbocycles. The van der Waals surface area contributed by atoms with Crippen LogP contribution in [0.3, 0.4) is 0 Å². The number of aromatic nitrogens is 1. The maximum atomic E-state index is 12.5. The highest BCUT2D eigenvalue weighted by Gasteiger charge is 2.14. The number of anilines is 1. The Labute approximate surface area is 181 Å². The average Bonchev–Trinajstić information content (AvgIpc) is 3.21. The molecule has 6 heteroatoms. The number of rotatable bonds is 6. The molecule has 0 atom stereocenters. The summed E-state index contributed by atoms with van der Waals surface area (Å²) in [7, 11) is 1.39. The van der Waals surface area contributed by atoms with Crippen molar-refractivity contribution in [3.63, 3.8) is 0 Å². The molecule has 1 aromatic heterocycles. The number of amides is 1. The molecule has 0 unspecified atom stereocenters. The van der Waals surface area contributed by atoms with Crippen LogP contribution in [-0.4, -0.2) is 24.0 Å². The highest BCUT2D eigenvalue weighted by atomic mass is 32.1. The van der Waals surface area contributed by atoms with E-state index in [2.05, 4.69) is 35.8 Å². The number of esters is 1. The Bertz CT molecular complexity index is 1020. The molecule has 0 bridgehead atoms. The first kappa shape index (κ1) is 21.7. The van der Waals surface area contributed by atoms with Gasteiger partial charge >= 0.3 is 5.97 Å². The van der Waals surface area contributed by atoms with Crippen molar-refractivity contribution >= 4 is 28.9 Å². The third-order valence-corrected chi connectivity index (χ3v) is 5.87. The lowest BCUT2D eigenvalue weighted by molar-refractivity contribution is -0.140. The maximum Gasteiger partial charge on any atom is 0.305 e. The summed E-state index contributed by atoms with van der Waals surface area (Å²) in [6, 6.07) is 15.4. The molecule has 1 N–H and O–H groups in total. The number of nitrogens with zero attached hydrogens (tertiary/aromatic N) is 1. The van der Waals surface area contributed by atoms with Gasteiger partial charge in [-0.1, -0.05) is 45.0 Å². The van der Waals surface area contributed by atoms with E-state index in [-0.39, 0.29) is 17.3 Å². The Morgan fingerprint density at radius 3 is 2.30 bits per heavy atom. The Hall–Kier alpha value is -2.99. The van der Waals surface area contributed by atoms with Crippen LogP contribution in [0.4, 0.5) is 5.69 Å². The first-order valence-electron chi connectivity index (χ1n) is 9.80. The molecule has 5 nitrogen and oxygen atoms in total. The molecule has 1 heterocycles. The number of carbonyl (C=O) groups is 2. The fraction of sp³-hybridized carbons (Fsp3) is 0.292. The van der Waals surface area contributed by atoms with Gasteiger partial charge in [-0.25, -0.2) is 4.98 Å². The maximum absolute atomic E-state index is 12.5. The van der Waals surface area contributed by atoms with E-state index in [0.29, 0.717) is 18.4 Å². The third-order valence-electron chi connectivity index (χ3n) is 4.76. The van der Waals surface area contributed by atoms with Crippen molar-refractivity contribution in [2.24, 2.45) is 0 Å². The highest BCUT2D eigenvalue weighted by Crippen LogP contribution is 2.28. The third kappa shape index (κ3) is 5.54. The number of thiazole rings is 1. The molecular weight excluding hydrogens is 396 g/mol. The number of methoxy groups -OCH3 is 1. The van der Waals surface area contributed by atoms with E-state index in [9.17, 15) is 9.59 Å². The summed E-state index contributed by atoms with van der Waals surface area (Å²) in [4.78, 5) is 29.2. The Balaban J connectivity index is 1.62. The van der Waals surface area contributed by atoms with Crippen molar-refractivity contribution in [2.45, 2.75) is 39.0 Å². The van der Waals surface area contributed by atoms with Crippen molar-refractivity contribution < 1.29 is 14.3 Å². The van der Waals surface area contributed by atoms with E-state index < -0.39 is 0 Å². The standard InChI is InChI=1S/C24H26N2O3S/c1-24(2,3)18-9-5-17(6-10-18)23(28)26-19-11-7-16(8-12-19)20-15-25-21(30-20)13-14-22(27)29-4/h5-12,15H,13-14H2,1-4H3,(H,26,28). The van der Waals surface area contributed by atoms with E-state index in [1.165, 1.54) is 12.7 Å². The molecule has 3 rings (SSSR count). The summed E-state index contributed by atoms with van der Waals surface area (Å²) in [6.45, 7) is 6.44. The van der Waals surface area contributed by atoms with E-state index >= 15 is 0 Å². The normalized spacial score (nSPS) is 11.2. The largest absolute Gasteiger partial charge is 0.469 e. The summed E-state index contributed by atoms with van der Waals surface area (Å²) in [5.74, 6) is -0.369. The first-order valence-corrected chi connectivity index (χ1v) is 10.6. The summed E-state index contributed by atoms with van der Waals surface area (Å²) in [5.41, 5.74) is 3.63. The first-order chi connectivity index (χ1) is 14.3. The van der Waals surface area contributed by atoms with Crippen molar-refractivity contribution in [3.8, 4) is 10.4 Å². The number of aryl methyl sites for hydroxylation is 1. The predicted molar refractivity (Wildman–Crippen MR) is 121 cm³/mol. The van der Waals surface area contributed by atoms with E-state index in [1.807, 2.05) is 54.7 Å². The van der Waals surface area contributed by atoms with Crippen molar-refractivity contribution in [1.29, 1.82) is 0 Å². The van der Waals surface area contributed by atoms with Gasteiger partial charge in [-0.15, -0.1) is 11.3 Å². The summed E-state index contributed by atoms with van der Waals surface area (Å²) in [6.07, 6.45) is 2.70. The van der Waals surface area contributed by atoms with Crippen LogP contribution in [0.2, 0.25) is 0 Å². The molecule has 0 saturated carbocycles. The van der Waals surface area contributed by atoms with E-state index in [4.69, 9.17) is 0 Å². The van der Waals surface area contributed by atoms with Crippen molar-refractivity contribution in [1.82, 2.24) is 4.98 Å². The average molecular weight is 423 g/mol. The van der Waals surface area contributed by atoms with Gasteiger partial charge in [0.15, 0.2) is 0 Å². The zero-order valence-electron chi connectivity index (χ0n) is 17.7. The van der Waals surface area contributed by atoms with Gasteiger partial charge in [-0.05, 0) is 40.8 Å². The minimum absolute atomic E-state index is 0.0562. The van der Waals surface area contributed by atoms with Crippen LogP contribution < -0.4 is 5.32 Å². The Morgan fingerprint density at radius 1 is 1.03 bits per heavy atom. The molecule has 0 saturated heterocycles. The smallest absolute Gasteiger partial charge is 0.305 e. The number of benzene rings is 2. The lowest BCUT2D eigenvalue weighted by atomic mass is 9.87. The molecule has 2 aromatic carbocycles. The topological polar surface area (TPSA) is 68.3 Å². The molecule has 30 heavy (non-hydrogen) atoms. The lowest BCUT2D eigenvalue weighted by Gasteiger charge is -2.19. The number of hydrogen-bond acceptors (Lipinski definition) is 5. The SMILES string of the molecule is COC(=O)CCc1ncc(-c2ccc(NC(=O)c3ccc(C(C)(C)C)cc3)cc2)s1. The zero-order chi connectivity index (χ0) is 21.7. The van der Waals surface area contributed by atoms with Gasteiger partial charge in [0.25, 0.3) is 5.91 Å². The van der Waals surface area contributed by atoms with E-state index in [1.54, 1.807) is 11.3 Å². The summed E-state index contributed by atoms with van der Waals surface area (Å²) >= 11 is 1.55. The minimum Gasteiger partial charge on any atom is -0.469 e. The zero-order valence-corrected chi connectivity index (χ0v) is 18.5. The van der Waals surface area contributed by atoms with Crippen LogP contribution in [0.5, 0.6) is 0 Å². The lowest BCUT2D eigenvalue weighted by Crippen LogP contribution is -2.14. The van der Waals surface area contributed by atoms with Crippen LogP contribution in [-0.2, 0) is 21.4 Å².